The first-order valence-electron chi connectivity index (χ1n) is 8.10. The number of thiophene rings is 1. The van der Waals surface area contributed by atoms with Gasteiger partial charge in [0.2, 0.25) is 0 Å². The first-order valence-corrected chi connectivity index (χ1v) is 8.91. The van der Waals surface area contributed by atoms with Crippen LogP contribution in [0, 0.1) is 6.92 Å². The summed E-state index contributed by atoms with van der Waals surface area (Å²) in [6, 6.07) is 15.3. The van der Waals surface area contributed by atoms with Crippen LogP contribution in [-0.2, 0) is 0 Å². The summed E-state index contributed by atoms with van der Waals surface area (Å²) in [5.41, 5.74) is 9.42. The van der Waals surface area contributed by atoms with Crippen molar-refractivity contribution in [3.8, 4) is 5.75 Å². The van der Waals surface area contributed by atoms with Crippen molar-refractivity contribution in [2.45, 2.75) is 6.92 Å². The quantitative estimate of drug-likeness (QED) is 0.558. The van der Waals surface area contributed by atoms with Crippen molar-refractivity contribution < 1.29 is 9.53 Å². The number of nitrogen functional groups attached to an aromatic ring is 1. The predicted octanol–water partition coefficient (Wildman–Crippen LogP) is 4.60. The van der Waals surface area contributed by atoms with Crippen LogP contribution in [0.25, 0.3) is 21.1 Å². The highest BCUT2D eigenvalue weighted by Gasteiger charge is 2.18. The van der Waals surface area contributed by atoms with Gasteiger partial charge in [0.05, 0.1) is 18.3 Å². The highest BCUT2D eigenvalue weighted by molar-refractivity contribution is 7.21. The Morgan fingerprint density at radius 2 is 2.04 bits per heavy atom. The van der Waals surface area contributed by atoms with Crippen LogP contribution in [0.2, 0.25) is 0 Å². The van der Waals surface area contributed by atoms with Gasteiger partial charge in [-0.05, 0) is 37.3 Å². The zero-order valence-electron chi connectivity index (χ0n) is 14.4. The molecule has 0 radical (unpaired) electrons. The SMILES string of the molecule is COc1cccc(NC(=O)c2sc3nc4ccc(C)cc4cc3c2N)c1. The number of methoxy groups -OCH3 is 1. The van der Waals surface area contributed by atoms with E-state index >= 15 is 0 Å². The number of pyridine rings is 1. The number of nitrogens with one attached hydrogen (secondary N) is 1. The zero-order chi connectivity index (χ0) is 18.3. The molecule has 4 aromatic rings. The Kier molecular flexibility index (Phi) is 3.97. The van der Waals surface area contributed by atoms with Gasteiger partial charge in [-0.1, -0.05) is 17.7 Å². The van der Waals surface area contributed by atoms with Crippen molar-refractivity contribution in [3.63, 3.8) is 0 Å². The van der Waals surface area contributed by atoms with Gasteiger partial charge in [-0.15, -0.1) is 11.3 Å². The molecule has 6 heteroatoms. The summed E-state index contributed by atoms with van der Waals surface area (Å²) in [4.78, 5) is 18.6. The first-order chi connectivity index (χ1) is 12.5. The molecule has 2 aromatic heterocycles. The van der Waals surface area contributed by atoms with Crippen molar-refractivity contribution in [3.05, 3.63) is 59.0 Å². The largest absolute Gasteiger partial charge is 0.497 e. The minimum Gasteiger partial charge on any atom is -0.497 e. The van der Waals surface area contributed by atoms with E-state index in [0.29, 0.717) is 22.0 Å². The fraction of sp³-hybridized carbons (Fsp3) is 0.100. The zero-order valence-corrected chi connectivity index (χ0v) is 15.2. The van der Waals surface area contributed by atoms with Crippen LogP contribution < -0.4 is 15.8 Å². The van der Waals surface area contributed by atoms with Gasteiger partial charge in [-0.2, -0.15) is 0 Å². The third-order valence-corrected chi connectivity index (χ3v) is 5.32. The molecule has 0 spiro atoms. The maximum Gasteiger partial charge on any atom is 0.267 e. The van der Waals surface area contributed by atoms with Gasteiger partial charge < -0.3 is 15.8 Å². The number of fused-ring (bicyclic) bond motifs is 2. The Balaban J connectivity index is 1.74. The average Bonchev–Trinajstić information content (AvgIpc) is 2.96. The second-order valence-corrected chi connectivity index (χ2v) is 7.07. The maximum absolute atomic E-state index is 12.7. The number of carbonyl (C=O) groups excluding carboxylic acids is 1. The lowest BCUT2D eigenvalue weighted by atomic mass is 10.1. The second-order valence-electron chi connectivity index (χ2n) is 6.07. The Labute approximate surface area is 154 Å². The Morgan fingerprint density at radius 1 is 1.19 bits per heavy atom. The van der Waals surface area contributed by atoms with Crippen LogP contribution in [0.3, 0.4) is 0 Å². The summed E-state index contributed by atoms with van der Waals surface area (Å²) in [5, 5.41) is 4.69. The molecule has 0 aliphatic rings. The Morgan fingerprint density at radius 3 is 2.85 bits per heavy atom. The molecule has 1 amide bonds. The molecule has 26 heavy (non-hydrogen) atoms. The summed E-state index contributed by atoms with van der Waals surface area (Å²) in [5.74, 6) is 0.425. The molecule has 4 rings (SSSR count). The van der Waals surface area contributed by atoms with Gasteiger partial charge in [-0.3, -0.25) is 4.79 Å². The smallest absolute Gasteiger partial charge is 0.267 e. The van der Waals surface area contributed by atoms with E-state index < -0.39 is 0 Å². The van der Waals surface area contributed by atoms with Gasteiger partial charge in [-0.25, -0.2) is 4.98 Å². The lowest BCUT2D eigenvalue weighted by Gasteiger charge is -2.06. The second kappa shape index (κ2) is 6.31. The summed E-state index contributed by atoms with van der Waals surface area (Å²) in [6.07, 6.45) is 0. The van der Waals surface area contributed by atoms with Gasteiger partial charge in [0.15, 0.2) is 0 Å². The third-order valence-electron chi connectivity index (χ3n) is 4.20. The van der Waals surface area contributed by atoms with Crippen LogP contribution in [0.4, 0.5) is 11.4 Å². The van der Waals surface area contributed by atoms with Crippen molar-refractivity contribution in [2.75, 3.05) is 18.2 Å². The fourth-order valence-corrected chi connectivity index (χ4v) is 3.86. The van der Waals surface area contributed by atoms with Gasteiger partial charge >= 0.3 is 0 Å². The molecular weight excluding hydrogens is 346 g/mol. The van der Waals surface area contributed by atoms with Crippen LogP contribution in [0.15, 0.2) is 48.5 Å². The summed E-state index contributed by atoms with van der Waals surface area (Å²) in [6.45, 7) is 2.04. The average molecular weight is 363 g/mol. The molecule has 0 aliphatic carbocycles. The van der Waals surface area contributed by atoms with Crippen LogP contribution >= 0.6 is 11.3 Å². The van der Waals surface area contributed by atoms with E-state index in [1.165, 1.54) is 11.3 Å². The molecule has 0 saturated heterocycles. The number of amides is 1. The molecule has 0 atom stereocenters. The van der Waals surface area contributed by atoms with E-state index in [4.69, 9.17) is 10.5 Å². The highest BCUT2D eigenvalue weighted by atomic mass is 32.1. The highest BCUT2D eigenvalue weighted by Crippen LogP contribution is 2.35. The van der Waals surface area contributed by atoms with Crippen molar-refractivity contribution in [2.24, 2.45) is 0 Å². The number of nitrogens with two attached hydrogens (primary N) is 1. The summed E-state index contributed by atoms with van der Waals surface area (Å²) in [7, 11) is 1.59. The molecule has 2 aromatic carbocycles. The molecule has 0 fully saturated rings. The van der Waals surface area contributed by atoms with Crippen molar-refractivity contribution >= 4 is 49.7 Å². The summed E-state index contributed by atoms with van der Waals surface area (Å²) >= 11 is 1.30. The number of rotatable bonds is 3. The summed E-state index contributed by atoms with van der Waals surface area (Å²) < 4.78 is 5.18. The number of anilines is 2. The van der Waals surface area contributed by atoms with Crippen LogP contribution in [0.5, 0.6) is 5.75 Å². The van der Waals surface area contributed by atoms with E-state index in [-0.39, 0.29) is 5.91 Å². The monoisotopic (exact) mass is 363 g/mol. The lowest BCUT2D eigenvalue weighted by molar-refractivity contribution is 0.103. The van der Waals surface area contributed by atoms with Gasteiger partial charge in [0.25, 0.3) is 5.91 Å². The lowest BCUT2D eigenvalue weighted by Crippen LogP contribution is -2.11. The van der Waals surface area contributed by atoms with Crippen LogP contribution in [-0.4, -0.2) is 18.0 Å². The number of aromatic nitrogens is 1. The number of hydrogen-bond acceptors (Lipinski definition) is 5. The van der Waals surface area contributed by atoms with Gasteiger partial charge in [0.1, 0.15) is 15.5 Å². The van der Waals surface area contributed by atoms with Gasteiger partial charge in [0, 0.05) is 22.5 Å². The number of carbonyl (C=O) groups is 1. The normalized spacial score (nSPS) is 11.0. The first kappa shape index (κ1) is 16.4. The van der Waals surface area contributed by atoms with E-state index in [9.17, 15) is 4.79 Å². The van der Waals surface area contributed by atoms with E-state index in [1.807, 2.05) is 37.3 Å². The van der Waals surface area contributed by atoms with Crippen molar-refractivity contribution in [1.82, 2.24) is 4.98 Å². The third kappa shape index (κ3) is 2.84. The molecule has 5 nitrogen and oxygen atoms in total. The fourth-order valence-electron chi connectivity index (χ4n) is 2.88. The number of nitrogens with zero attached hydrogens (tertiary/aromatic N) is 1. The van der Waals surface area contributed by atoms with E-state index in [1.54, 1.807) is 19.2 Å². The van der Waals surface area contributed by atoms with Crippen LogP contribution in [0.1, 0.15) is 15.2 Å². The Hall–Kier alpha value is -3.12. The molecule has 0 saturated carbocycles. The number of aryl methyl sites for hydroxylation is 1. The number of benzene rings is 2. The predicted molar refractivity (Wildman–Crippen MR) is 107 cm³/mol. The topological polar surface area (TPSA) is 77.2 Å². The maximum atomic E-state index is 12.7. The van der Waals surface area contributed by atoms with E-state index in [0.717, 1.165) is 26.7 Å². The standard InChI is InChI=1S/C20H17N3O2S/c1-11-6-7-16-12(8-11)9-15-17(21)18(26-20(15)23-16)19(24)22-13-4-3-5-14(10-13)25-2/h3-10H,21H2,1-2H3,(H,22,24). The van der Waals surface area contributed by atoms with E-state index in [2.05, 4.69) is 16.4 Å². The van der Waals surface area contributed by atoms with Crippen molar-refractivity contribution in [1.29, 1.82) is 0 Å². The molecule has 0 unspecified atom stereocenters. The molecule has 0 bridgehead atoms. The molecular formula is C20H17N3O2S. The molecule has 130 valence electrons. The Bertz CT molecular complexity index is 1150. The number of hydrogen-bond donors (Lipinski definition) is 2. The minimum absolute atomic E-state index is 0.251. The molecule has 0 aliphatic heterocycles. The molecule has 3 N–H and O–H groups in total. The molecule has 2 heterocycles. The number of ether oxygens (including phenoxy) is 1. The minimum atomic E-state index is -0.251.